The third kappa shape index (κ3) is 3.28. The number of anilines is 1. The molecule has 22 heavy (non-hydrogen) atoms. The number of amides is 2. The van der Waals surface area contributed by atoms with Gasteiger partial charge in [-0.2, -0.15) is 0 Å². The Labute approximate surface area is 131 Å². The molecule has 2 rings (SSSR count). The van der Waals surface area contributed by atoms with Crippen molar-refractivity contribution in [3.05, 3.63) is 39.9 Å². The molecule has 2 heterocycles. The van der Waals surface area contributed by atoms with Crippen molar-refractivity contribution in [3.8, 4) is 0 Å². The second kappa shape index (κ2) is 6.18. The molecule has 0 atom stereocenters. The summed E-state index contributed by atoms with van der Waals surface area (Å²) in [5.41, 5.74) is 0.779. The molecule has 116 valence electrons. The number of hydrogen-bond donors (Lipinski definition) is 1. The normalized spacial score (nSPS) is 10.4. The van der Waals surface area contributed by atoms with Crippen LogP contribution < -0.4 is 5.32 Å². The maximum atomic E-state index is 13.2. The summed E-state index contributed by atoms with van der Waals surface area (Å²) in [6, 6.07) is 2.48. The van der Waals surface area contributed by atoms with Gasteiger partial charge in [0.15, 0.2) is 5.13 Å². The highest BCUT2D eigenvalue weighted by molar-refractivity contribution is 7.17. The molecule has 0 radical (unpaired) electrons. The van der Waals surface area contributed by atoms with Crippen molar-refractivity contribution in [2.45, 2.75) is 13.8 Å². The third-order valence-electron chi connectivity index (χ3n) is 2.87. The molecule has 6 nitrogen and oxygen atoms in total. The van der Waals surface area contributed by atoms with Gasteiger partial charge in [-0.05, 0) is 26.0 Å². The molecule has 0 aliphatic rings. The lowest BCUT2D eigenvalue weighted by molar-refractivity contribution is 0.0831. The second-order valence-corrected chi connectivity index (χ2v) is 5.85. The van der Waals surface area contributed by atoms with Crippen LogP contribution in [0.15, 0.2) is 12.1 Å². The molecule has 0 saturated heterocycles. The van der Waals surface area contributed by atoms with E-state index in [1.165, 1.54) is 24.0 Å². The van der Waals surface area contributed by atoms with Crippen LogP contribution >= 0.6 is 11.3 Å². The Morgan fingerprint density at radius 2 is 1.86 bits per heavy atom. The van der Waals surface area contributed by atoms with Crippen LogP contribution in [0.1, 0.15) is 31.5 Å². The van der Waals surface area contributed by atoms with Gasteiger partial charge in [0, 0.05) is 14.1 Å². The Bertz CT molecular complexity index is 742. The summed E-state index contributed by atoms with van der Waals surface area (Å²) >= 11 is 1.09. The second-order valence-electron chi connectivity index (χ2n) is 4.85. The lowest BCUT2D eigenvalue weighted by Crippen LogP contribution is -2.21. The Balaban J connectivity index is 2.20. The van der Waals surface area contributed by atoms with Gasteiger partial charge in [-0.3, -0.25) is 14.9 Å². The molecule has 0 aromatic carbocycles. The van der Waals surface area contributed by atoms with Crippen LogP contribution in [-0.2, 0) is 0 Å². The molecule has 0 unspecified atom stereocenters. The number of aromatic nitrogens is 2. The zero-order valence-electron chi connectivity index (χ0n) is 12.6. The number of thiazole rings is 1. The molecule has 8 heteroatoms. The van der Waals surface area contributed by atoms with Gasteiger partial charge in [-0.15, -0.1) is 0 Å². The highest BCUT2D eigenvalue weighted by Gasteiger charge is 2.19. The molecule has 1 N–H and O–H groups in total. The minimum Gasteiger partial charge on any atom is -0.344 e. The van der Waals surface area contributed by atoms with E-state index in [2.05, 4.69) is 15.3 Å². The van der Waals surface area contributed by atoms with E-state index in [4.69, 9.17) is 0 Å². The predicted molar refractivity (Wildman–Crippen MR) is 81.8 cm³/mol. The first-order valence-corrected chi connectivity index (χ1v) is 7.25. The van der Waals surface area contributed by atoms with Gasteiger partial charge < -0.3 is 4.90 Å². The van der Waals surface area contributed by atoms with Crippen LogP contribution in [0, 0.1) is 19.7 Å². The summed E-state index contributed by atoms with van der Waals surface area (Å²) in [5, 5.41) is 2.87. The van der Waals surface area contributed by atoms with E-state index in [-0.39, 0.29) is 17.3 Å². The van der Waals surface area contributed by atoms with E-state index in [9.17, 15) is 14.0 Å². The summed E-state index contributed by atoms with van der Waals surface area (Å²) in [5.74, 6) is -1.15. The molecule has 0 saturated carbocycles. The number of nitrogens with zero attached hydrogens (tertiary/aromatic N) is 3. The number of hydrogen-bond acceptors (Lipinski definition) is 5. The van der Waals surface area contributed by atoms with E-state index in [0.29, 0.717) is 15.7 Å². The van der Waals surface area contributed by atoms with E-state index in [1.807, 2.05) is 0 Å². The van der Waals surface area contributed by atoms with E-state index < -0.39 is 11.7 Å². The average Bonchev–Trinajstić information content (AvgIpc) is 2.81. The summed E-state index contributed by atoms with van der Waals surface area (Å²) in [6.45, 7) is 3.18. The standard InChI is InChI=1S/C14H15FN4O2S/c1-7-9(15)5-6-10(16-7)12(20)18-14-17-8(2)11(22-14)13(21)19(3)4/h5-6H,1-4H3,(H,17,18,20). The van der Waals surface area contributed by atoms with Crippen LogP contribution in [0.25, 0.3) is 0 Å². The lowest BCUT2D eigenvalue weighted by atomic mass is 10.3. The monoisotopic (exact) mass is 322 g/mol. The van der Waals surface area contributed by atoms with Crippen molar-refractivity contribution < 1.29 is 14.0 Å². The first-order chi connectivity index (χ1) is 10.3. The predicted octanol–water partition coefficient (Wildman–Crippen LogP) is 2.25. The fourth-order valence-electron chi connectivity index (χ4n) is 1.68. The van der Waals surface area contributed by atoms with Gasteiger partial charge in [0.05, 0.1) is 11.4 Å². The first kappa shape index (κ1) is 16.0. The molecular formula is C14H15FN4O2S. The minimum absolute atomic E-state index is 0.0900. The van der Waals surface area contributed by atoms with Crippen molar-refractivity contribution in [2.24, 2.45) is 0 Å². The molecule has 0 fully saturated rings. The topological polar surface area (TPSA) is 75.2 Å². The van der Waals surface area contributed by atoms with E-state index in [1.54, 1.807) is 21.0 Å². The van der Waals surface area contributed by atoms with Crippen LogP contribution in [-0.4, -0.2) is 40.8 Å². The number of aryl methyl sites for hydroxylation is 2. The van der Waals surface area contributed by atoms with Crippen molar-refractivity contribution in [3.63, 3.8) is 0 Å². The fraction of sp³-hybridized carbons (Fsp3) is 0.286. The quantitative estimate of drug-likeness (QED) is 0.940. The fourth-order valence-corrected chi connectivity index (χ4v) is 2.67. The van der Waals surface area contributed by atoms with Crippen molar-refractivity contribution in [1.29, 1.82) is 0 Å². The molecule has 2 aromatic rings. The lowest BCUT2D eigenvalue weighted by Gasteiger charge is -2.07. The SMILES string of the molecule is Cc1nc(C(=O)Nc2nc(C)c(C(=O)N(C)C)s2)ccc1F. The number of carbonyl (C=O) groups is 2. The zero-order valence-corrected chi connectivity index (χ0v) is 13.4. The number of rotatable bonds is 3. The number of carbonyl (C=O) groups excluding carboxylic acids is 2. The maximum absolute atomic E-state index is 13.2. The van der Waals surface area contributed by atoms with Crippen LogP contribution in [0.4, 0.5) is 9.52 Å². The third-order valence-corrected chi connectivity index (χ3v) is 3.93. The van der Waals surface area contributed by atoms with Gasteiger partial charge in [-0.1, -0.05) is 11.3 Å². The van der Waals surface area contributed by atoms with Gasteiger partial charge in [-0.25, -0.2) is 14.4 Å². The Morgan fingerprint density at radius 3 is 2.45 bits per heavy atom. The minimum atomic E-state index is -0.499. The molecule has 0 spiro atoms. The van der Waals surface area contributed by atoms with Gasteiger partial charge in [0.1, 0.15) is 16.4 Å². The number of halogens is 1. The van der Waals surface area contributed by atoms with Crippen LogP contribution in [0.3, 0.4) is 0 Å². The van der Waals surface area contributed by atoms with Gasteiger partial charge >= 0.3 is 0 Å². The number of nitrogens with one attached hydrogen (secondary N) is 1. The smallest absolute Gasteiger partial charge is 0.276 e. The number of pyridine rings is 1. The summed E-state index contributed by atoms with van der Waals surface area (Å²) in [4.78, 5) is 34.0. The van der Waals surface area contributed by atoms with Crippen LogP contribution in [0.2, 0.25) is 0 Å². The Kier molecular flexibility index (Phi) is 4.51. The Hall–Kier alpha value is -2.35. The van der Waals surface area contributed by atoms with Gasteiger partial charge in [0.25, 0.3) is 11.8 Å². The summed E-state index contributed by atoms with van der Waals surface area (Å²) in [7, 11) is 3.29. The maximum Gasteiger partial charge on any atom is 0.276 e. The van der Waals surface area contributed by atoms with E-state index >= 15 is 0 Å². The van der Waals surface area contributed by atoms with Crippen molar-refractivity contribution in [1.82, 2.24) is 14.9 Å². The zero-order chi connectivity index (χ0) is 16.4. The first-order valence-electron chi connectivity index (χ1n) is 6.43. The molecule has 0 bridgehead atoms. The highest BCUT2D eigenvalue weighted by atomic mass is 32.1. The van der Waals surface area contributed by atoms with Gasteiger partial charge in [0.2, 0.25) is 0 Å². The molecular weight excluding hydrogens is 307 g/mol. The summed E-state index contributed by atoms with van der Waals surface area (Å²) in [6.07, 6.45) is 0. The highest BCUT2D eigenvalue weighted by Crippen LogP contribution is 2.24. The molecule has 0 aliphatic carbocycles. The van der Waals surface area contributed by atoms with Crippen molar-refractivity contribution >= 4 is 28.3 Å². The Morgan fingerprint density at radius 1 is 1.18 bits per heavy atom. The molecule has 2 aromatic heterocycles. The average molecular weight is 322 g/mol. The van der Waals surface area contributed by atoms with Crippen molar-refractivity contribution in [2.75, 3.05) is 19.4 Å². The van der Waals surface area contributed by atoms with Crippen LogP contribution in [0.5, 0.6) is 0 Å². The summed E-state index contributed by atoms with van der Waals surface area (Å²) < 4.78 is 13.2. The largest absolute Gasteiger partial charge is 0.344 e. The molecule has 2 amide bonds. The molecule has 0 aliphatic heterocycles. The van der Waals surface area contributed by atoms with E-state index in [0.717, 1.165) is 11.3 Å².